The number of β-amino-alcohol motifs (C(OH)–C–C–N with tert-alkyl or cyclic N) is 1. The van der Waals surface area contributed by atoms with Crippen LogP contribution in [0.4, 0.5) is 0 Å². The third-order valence-electron chi connectivity index (χ3n) is 4.18. The van der Waals surface area contributed by atoms with Crippen LogP contribution in [-0.4, -0.2) is 36.8 Å². The molecule has 3 heteroatoms. The van der Waals surface area contributed by atoms with E-state index >= 15 is 0 Å². The minimum atomic E-state index is -0.478. The van der Waals surface area contributed by atoms with E-state index in [1.807, 2.05) is 13.0 Å². The summed E-state index contributed by atoms with van der Waals surface area (Å²) in [6.45, 7) is 9.26. The first kappa shape index (κ1) is 15.3. The molecule has 1 aliphatic rings. The van der Waals surface area contributed by atoms with Crippen molar-refractivity contribution in [1.29, 1.82) is 0 Å². The number of likely N-dealkylation sites (tertiary alicyclic amines) is 1. The fourth-order valence-corrected chi connectivity index (χ4v) is 3.31. The quantitative estimate of drug-likeness (QED) is 0.918. The first-order chi connectivity index (χ1) is 9.51. The fraction of sp³-hybridized carbons (Fsp3) is 0.647. The van der Waals surface area contributed by atoms with Gasteiger partial charge in [-0.05, 0) is 50.8 Å². The Morgan fingerprint density at radius 1 is 1.40 bits per heavy atom. The zero-order chi connectivity index (χ0) is 14.7. The minimum absolute atomic E-state index is 0.478. The maximum atomic E-state index is 10.6. The Morgan fingerprint density at radius 3 is 2.80 bits per heavy atom. The summed E-state index contributed by atoms with van der Waals surface area (Å²) in [7, 11) is 1.68. The number of methoxy groups -OCH3 is 1. The molecule has 1 aromatic carbocycles. The molecule has 0 aliphatic carbocycles. The summed E-state index contributed by atoms with van der Waals surface area (Å²) >= 11 is 0. The number of hydrogen-bond donors (Lipinski definition) is 1. The predicted octanol–water partition coefficient (Wildman–Crippen LogP) is 3.08. The van der Waals surface area contributed by atoms with Gasteiger partial charge in [-0.3, -0.25) is 0 Å². The Hall–Kier alpha value is -1.06. The maximum Gasteiger partial charge on any atom is 0.127 e. The van der Waals surface area contributed by atoms with Crippen molar-refractivity contribution in [2.75, 3.05) is 26.7 Å². The van der Waals surface area contributed by atoms with Gasteiger partial charge < -0.3 is 14.7 Å². The second-order valence-corrected chi connectivity index (χ2v) is 6.23. The smallest absolute Gasteiger partial charge is 0.127 e. The molecule has 1 heterocycles. The molecule has 1 aromatic rings. The van der Waals surface area contributed by atoms with Crippen LogP contribution >= 0.6 is 0 Å². The van der Waals surface area contributed by atoms with Crippen molar-refractivity contribution >= 4 is 0 Å². The number of aliphatic hydroxyl groups is 1. The molecule has 1 saturated heterocycles. The van der Waals surface area contributed by atoms with Crippen LogP contribution in [-0.2, 0) is 0 Å². The van der Waals surface area contributed by atoms with Gasteiger partial charge in [-0.2, -0.15) is 0 Å². The molecule has 2 atom stereocenters. The highest BCUT2D eigenvalue weighted by Crippen LogP contribution is 2.31. The predicted molar refractivity (Wildman–Crippen MR) is 82.3 cm³/mol. The van der Waals surface area contributed by atoms with Crippen LogP contribution in [0.1, 0.15) is 42.6 Å². The lowest BCUT2D eigenvalue weighted by molar-refractivity contribution is 0.0858. The zero-order valence-electron chi connectivity index (χ0n) is 13.1. The molecule has 2 rings (SSSR count). The van der Waals surface area contributed by atoms with E-state index in [4.69, 9.17) is 4.74 Å². The molecule has 0 spiro atoms. The van der Waals surface area contributed by atoms with E-state index in [2.05, 4.69) is 24.8 Å². The lowest BCUT2D eigenvalue weighted by Gasteiger charge is -2.32. The van der Waals surface area contributed by atoms with Crippen molar-refractivity contribution in [3.63, 3.8) is 0 Å². The van der Waals surface area contributed by atoms with E-state index < -0.39 is 6.10 Å². The van der Waals surface area contributed by atoms with Gasteiger partial charge in [-0.25, -0.2) is 0 Å². The Morgan fingerprint density at radius 2 is 2.15 bits per heavy atom. The molecule has 20 heavy (non-hydrogen) atoms. The summed E-state index contributed by atoms with van der Waals surface area (Å²) in [5, 5.41) is 10.6. The highest BCUT2D eigenvalue weighted by Gasteiger charge is 2.22. The van der Waals surface area contributed by atoms with Crippen LogP contribution in [0.25, 0.3) is 0 Å². The Balaban J connectivity index is 2.14. The van der Waals surface area contributed by atoms with Gasteiger partial charge in [-0.15, -0.1) is 0 Å². The van der Waals surface area contributed by atoms with E-state index in [1.54, 1.807) is 7.11 Å². The topological polar surface area (TPSA) is 32.7 Å². The van der Waals surface area contributed by atoms with Gasteiger partial charge in [0.25, 0.3) is 0 Å². The van der Waals surface area contributed by atoms with E-state index in [9.17, 15) is 5.11 Å². The summed E-state index contributed by atoms with van der Waals surface area (Å²) < 4.78 is 5.48. The van der Waals surface area contributed by atoms with Crippen molar-refractivity contribution in [2.45, 2.75) is 39.7 Å². The lowest BCUT2D eigenvalue weighted by atomic mass is 9.97. The van der Waals surface area contributed by atoms with Crippen LogP contribution in [0.2, 0.25) is 0 Å². The largest absolute Gasteiger partial charge is 0.496 e. The molecule has 1 fully saturated rings. The van der Waals surface area contributed by atoms with E-state index in [1.165, 1.54) is 18.4 Å². The number of piperidine rings is 1. The first-order valence-corrected chi connectivity index (χ1v) is 7.56. The van der Waals surface area contributed by atoms with Gasteiger partial charge in [0.2, 0.25) is 0 Å². The van der Waals surface area contributed by atoms with Crippen molar-refractivity contribution in [3.8, 4) is 5.75 Å². The minimum Gasteiger partial charge on any atom is -0.496 e. The Bertz CT molecular complexity index is 459. The van der Waals surface area contributed by atoms with E-state index in [0.29, 0.717) is 6.54 Å². The number of aryl methyl sites for hydroxylation is 2. The molecule has 112 valence electrons. The number of benzene rings is 1. The van der Waals surface area contributed by atoms with Crippen molar-refractivity contribution in [2.24, 2.45) is 5.92 Å². The Labute approximate surface area is 122 Å². The van der Waals surface area contributed by atoms with Crippen LogP contribution in [0.3, 0.4) is 0 Å². The second kappa shape index (κ2) is 6.59. The van der Waals surface area contributed by atoms with Crippen molar-refractivity contribution in [1.82, 2.24) is 4.90 Å². The number of ether oxygens (including phenoxy) is 1. The summed E-state index contributed by atoms with van der Waals surface area (Å²) in [4.78, 5) is 2.37. The third-order valence-corrected chi connectivity index (χ3v) is 4.18. The van der Waals surface area contributed by atoms with Crippen LogP contribution < -0.4 is 4.74 Å². The molecule has 0 aromatic heterocycles. The lowest BCUT2D eigenvalue weighted by Crippen LogP contribution is -2.37. The fourth-order valence-electron chi connectivity index (χ4n) is 3.31. The SMILES string of the molecule is COc1c(C)cc(C)cc1C(O)CN1CCCC(C)C1. The normalized spacial score (nSPS) is 21.8. The number of rotatable bonds is 4. The highest BCUT2D eigenvalue weighted by atomic mass is 16.5. The van der Waals surface area contributed by atoms with Gasteiger partial charge in [0, 0.05) is 18.7 Å². The number of nitrogens with zero attached hydrogens (tertiary/aromatic N) is 1. The average Bonchev–Trinajstić information content (AvgIpc) is 2.37. The van der Waals surface area contributed by atoms with E-state index in [-0.39, 0.29) is 0 Å². The molecule has 2 unspecified atom stereocenters. The van der Waals surface area contributed by atoms with Crippen molar-refractivity contribution in [3.05, 3.63) is 28.8 Å². The molecule has 1 N–H and O–H groups in total. The van der Waals surface area contributed by atoms with Gasteiger partial charge in [0.1, 0.15) is 5.75 Å². The average molecular weight is 277 g/mol. The van der Waals surface area contributed by atoms with Gasteiger partial charge in [-0.1, -0.05) is 18.6 Å². The molecular formula is C17H27NO2. The van der Waals surface area contributed by atoms with Gasteiger partial charge >= 0.3 is 0 Å². The van der Waals surface area contributed by atoms with Gasteiger partial charge in [0.15, 0.2) is 0 Å². The van der Waals surface area contributed by atoms with Gasteiger partial charge in [0.05, 0.1) is 13.2 Å². The molecular weight excluding hydrogens is 250 g/mol. The highest BCUT2D eigenvalue weighted by molar-refractivity contribution is 5.45. The molecule has 0 bridgehead atoms. The molecule has 0 amide bonds. The van der Waals surface area contributed by atoms with Crippen LogP contribution in [0.5, 0.6) is 5.75 Å². The summed E-state index contributed by atoms with van der Waals surface area (Å²) in [6, 6.07) is 4.14. The third kappa shape index (κ3) is 3.53. The van der Waals surface area contributed by atoms with Crippen LogP contribution in [0.15, 0.2) is 12.1 Å². The second-order valence-electron chi connectivity index (χ2n) is 6.23. The van der Waals surface area contributed by atoms with Crippen LogP contribution in [0, 0.1) is 19.8 Å². The maximum absolute atomic E-state index is 10.6. The number of hydrogen-bond acceptors (Lipinski definition) is 3. The molecule has 0 saturated carbocycles. The molecule has 1 aliphatic heterocycles. The molecule has 0 radical (unpaired) electrons. The summed E-state index contributed by atoms with van der Waals surface area (Å²) in [5.74, 6) is 1.56. The Kier molecular flexibility index (Phi) is 5.06. The standard InChI is InChI=1S/C17H27NO2/c1-12-6-5-7-18(10-12)11-16(19)15-9-13(2)8-14(3)17(15)20-4/h8-9,12,16,19H,5-7,10-11H2,1-4H3. The molecule has 3 nitrogen and oxygen atoms in total. The van der Waals surface area contributed by atoms with Crippen molar-refractivity contribution < 1.29 is 9.84 Å². The number of aliphatic hydroxyl groups excluding tert-OH is 1. The monoisotopic (exact) mass is 277 g/mol. The zero-order valence-corrected chi connectivity index (χ0v) is 13.1. The first-order valence-electron chi connectivity index (χ1n) is 7.56. The summed E-state index contributed by atoms with van der Waals surface area (Å²) in [6.07, 6.45) is 2.06. The van der Waals surface area contributed by atoms with E-state index in [0.717, 1.165) is 35.9 Å². The summed E-state index contributed by atoms with van der Waals surface area (Å²) in [5.41, 5.74) is 3.18.